The van der Waals surface area contributed by atoms with E-state index in [0.717, 1.165) is 22.8 Å². The van der Waals surface area contributed by atoms with Crippen molar-refractivity contribution in [1.82, 2.24) is 9.29 Å². The van der Waals surface area contributed by atoms with E-state index in [4.69, 9.17) is 6.42 Å². The Hall–Kier alpha value is -1.43. The molecule has 92 valence electrons. The van der Waals surface area contributed by atoms with Gasteiger partial charge in [0.1, 0.15) is 0 Å². The summed E-state index contributed by atoms with van der Waals surface area (Å²) in [5.74, 6) is 1.42. The number of methoxy groups -OCH3 is 1. The zero-order valence-corrected chi connectivity index (χ0v) is 10.8. The molecular weight excluding hydrogens is 264 g/mol. The minimum absolute atomic E-state index is 0.0825. The van der Waals surface area contributed by atoms with Gasteiger partial charge >= 0.3 is 5.97 Å². The largest absolute Gasteiger partial charge is 0.464 e. The molecule has 0 atom stereocenters. The number of hydrogen-bond donors (Lipinski definition) is 0. The summed E-state index contributed by atoms with van der Waals surface area (Å²) in [5, 5.41) is 0. The molecule has 0 radical (unpaired) electrons. The lowest BCUT2D eigenvalue weighted by Crippen LogP contribution is -2.28. The molecule has 0 N–H and O–H groups in total. The quantitative estimate of drug-likeness (QED) is 0.578. The minimum Gasteiger partial charge on any atom is -0.464 e. The summed E-state index contributed by atoms with van der Waals surface area (Å²) in [7, 11) is -1.31. The van der Waals surface area contributed by atoms with Crippen LogP contribution < -0.4 is 0 Å². The van der Waals surface area contributed by atoms with Crippen LogP contribution in [0.3, 0.4) is 0 Å². The van der Waals surface area contributed by atoms with Gasteiger partial charge in [-0.3, -0.25) is 0 Å². The van der Waals surface area contributed by atoms with E-state index in [1.54, 1.807) is 0 Å². The molecule has 1 aromatic rings. The lowest BCUT2D eigenvalue weighted by Gasteiger charge is -2.12. The molecule has 0 aliphatic carbocycles. The van der Waals surface area contributed by atoms with Gasteiger partial charge in [-0.25, -0.2) is 18.2 Å². The number of aromatic nitrogens is 1. The van der Waals surface area contributed by atoms with Crippen LogP contribution in [0.5, 0.6) is 0 Å². The van der Waals surface area contributed by atoms with Gasteiger partial charge in [0, 0.05) is 7.05 Å². The van der Waals surface area contributed by atoms with Crippen molar-refractivity contribution < 1.29 is 17.9 Å². The summed E-state index contributed by atoms with van der Waals surface area (Å²) in [6.45, 7) is -0.0825. The van der Waals surface area contributed by atoms with Crippen molar-refractivity contribution in [2.75, 3.05) is 20.7 Å². The molecule has 0 spiro atoms. The van der Waals surface area contributed by atoms with Crippen LogP contribution in [0.4, 0.5) is 0 Å². The molecule has 0 saturated heterocycles. The van der Waals surface area contributed by atoms with Crippen molar-refractivity contribution in [3.63, 3.8) is 0 Å². The molecule has 0 amide bonds. The third-order valence-corrected chi connectivity index (χ3v) is 5.02. The zero-order valence-electron chi connectivity index (χ0n) is 9.21. The number of thiazole rings is 1. The van der Waals surface area contributed by atoms with Crippen LogP contribution in [0.2, 0.25) is 0 Å². The van der Waals surface area contributed by atoms with E-state index >= 15 is 0 Å². The van der Waals surface area contributed by atoms with E-state index in [-0.39, 0.29) is 16.4 Å². The van der Waals surface area contributed by atoms with E-state index in [2.05, 4.69) is 15.6 Å². The maximum atomic E-state index is 12.0. The minimum atomic E-state index is -3.80. The summed E-state index contributed by atoms with van der Waals surface area (Å²) in [4.78, 5) is 15.0. The molecule has 1 heterocycles. The number of ether oxygens (including phenoxy) is 1. The number of nitrogens with zero attached hydrogens (tertiary/aromatic N) is 2. The van der Waals surface area contributed by atoms with Gasteiger partial charge in [-0.05, 0) is 0 Å². The van der Waals surface area contributed by atoms with Gasteiger partial charge in [-0.1, -0.05) is 5.92 Å². The maximum Gasteiger partial charge on any atom is 0.358 e. The number of terminal acetylenes is 1. The van der Waals surface area contributed by atoms with E-state index in [1.807, 2.05) is 0 Å². The van der Waals surface area contributed by atoms with Crippen molar-refractivity contribution in [3.8, 4) is 12.3 Å². The van der Waals surface area contributed by atoms with Crippen LogP contribution in [0.25, 0.3) is 0 Å². The molecule has 0 unspecified atom stereocenters. The molecule has 0 bridgehead atoms. The highest BCUT2D eigenvalue weighted by molar-refractivity contribution is 7.91. The van der Waals surface area contributed by atoms with Crippen LogP contribution in [-0.2, 0) is 14.8 Å². The molecule has 17 heavy (non-hydrogen) atoms. The Morgan fingerprint density at radius 2 is 2.35 bits per heavy atom. The normalized spacial score (nSPS) is 11.2. The first kappa shape index (κ1) is 13.6. The molecule has 0 saturated carbocycles. The monoisotopic (exact) mass is 274 g/mol. The fourth-order valence-corrected chi connectivity index (χ4v) is 3.41. The van der Waals surface area contributed by atoms with Gasteiger partial charge in [0.05, 0.1) is 19.2 Å². The fraction of sp³-hybridized carbons (Fsp3) is 0.333. The Morgan fingerprint density at radius 3 is 2.88 bits per heavy atom. The van der Waals surface area contributed by atoms with Crippen LogP contribution in [0.15, 0.2) is 9.72 Å². The predicted octanol–water partition coefficient (Wildman–Crippen LogP) is 0.183. The maximum absolute atomic E-state index is 12.0. The first-order valence-corrected chi connectivity index (χ1v) is 6.68. The van der Waals surface area contributed by atoms with E-state index < -0.39 is 16.0 Å². The standard InChI is InChI=1S/C9H10N2O4S2/c1-4-5-11(2)17(13,14)9-7(8(12)15-3)10-6-16-9/h1,6H,5H2,2-3H3. The molecule has 1 rings (SSSR count). The Balaban J connectivity index is 3.22. The highest BCUT2D eigenvalue weighted by Crippen LogP contribution is 2.23. The Kier molecular flexibility index (Phi) is 4.22. The van der Waals surface area contributed by atoms with Crippen LogP contribution in [-0.4, -0.2) is 44.4 Å². The first-order valence-electron chi connectivity index (χ1n) is 4.36. The third kappa shape index (κ3) is 2.63. The molecule has 8 heteroatoms. The van der Waals surface area contributed by atoms with Gasteiger partial charge in [0.25, 0.3) is 10.0 Å². The number of carbonyl (C=O) groups excluding carboxylic acids is 1. The van der Waals surface area contributed by atoms with Crippen molar-refractivity contribution in [1.29, 1.82) is 0 Å². The summed E-state index contributed by atoms with van der Waals surface area (Å²) < 4.78 is 29.3. The number of sulfonamides is 1. The van der Waals surface area contributed by atoms with Crippen LogP contribution >= 0.6 is 11.3 Å². The lowest BCUT2D eigenvalue weighted by molar-refractivity contribution is 0.0590. The third-order valence-electron chi connectivity index (χ3n) is 1.87. The van der Waals surface area contributed by atoms with Crippen LogP contribution in [0.1, 0.15) is 10.5 Å². The second-order valence-corrected chi connectivity index (χ2v) is 6.04. The summed E-state index contributed by atoms with van der Waals surface area (Å²) in [6.07, 6.45) is 5.04. The Morgan fingerprint density at radius 1 is 1.71 bits per heavy atom. The predicted molar refractivity (Wildman–Crippen MR) is 62.1 cm³/mol. The zero-order chi connectivity index (χ0) is 13.1. The number of hydrogen-bond acceptors (Lipinski definition) is 6. The average molecular weight is 274 g/mol. The fourth-order valence-electron chi connectivity index (χ4n) is 1.01. The SMILES string of the molecule is C#CCN(C)S(=O)(=O)c1scnc1C(=O)OC. The van der Waals surface area contributed by atoms with Gasteiger partial charge in [-0.2, -0.15) is 4.31 Å². The van der Waals surface area contributed by atoms with Crippen molar-refractivity contribution in [2.45, 2.75) is 4.21 Å². The average Bonchev–Trinajstić information content (AvgIpc) is 2.77. The van der Waals surface area contributed by atoms with Crippen LogP contribution in [0, 0.1) is 12.3 Å². The van der Waals surface area contributed by atoms with E-state index in [1.165, 1.54) is 12.6 Å². The molecular formula is C9H10N2O4S2. The number of esters is 1. The van der Waals surface area contributed by atoms with E-state index in [9.17, 15) is 13.2 Å². The smallest absolute Gasteiger partial charge is 0.358 e. The van der Waals surface area contributed by atoms with Gasteiger partial charge in [0.2, 0.25) is 0 Å². The molecule has 1 aromatic heterocycles. The Bertz CT molecular complexity index is 556. The highest BCUT2D eigenvalue weighted by Gasteiger charge is 2.29. The summed E-state index contributed by atoms with van der Waals surface area (Å²) >= 11 is 0.844. The number of rotatable bonds is 4. The molecule has 6 nitrogen and oxygen atoms in total. The first-order chi connectivity index (χ1) is 7.95. The lowest BCUT2D eigenvalue weighted by atomic mass is 10.5. The topological polar surface area (TPSA) is 76.6 Å². The molecule has 0 aliphatic rings. The molecule has 0 aliphatic heterocycles. The summed E-state index contributed by atoms with van der Waals surface area (Å²) in [5.41, 5.74) is 1.05. The van der Waals surface area contributed by atoms with Crippen molar-refractivity contribution >= 4 is 27.3 Å². The van der Waals surface area contributed by atoms with Crippen molar-refractivity contribution in [3.05, 3.63) is 11.2 Å². The highest BCUT2D eigenvalue weighted by atomic mass is 32.2. The second-order valence-electron chi connectivity index (χ2n) is 2.95. The second kappa shape index (κ2) is 5.27. The van der Waals surface area contributed by atoms with Crippen molar-refractivity contribution in [2.24, 2.45) is 0 Å². The molecule has 0 aromatic carbocycles. The van der Waals surface area contributed by atoms with Gasteiger partial charge < -0.3 is 4.74 Å². The van der Waals surface area contributed by atoms with E-state index in [0.29, 0.717) is 0 Å². The van der Waals surface area contributed by atoms with Gasteiger partial charge in [0.15, 0.2) is 9.90 Å². The number of carbonyl (C=O) groups is 1. The van der Waals surface area contributed by atoms with Gasteiger partial charge in [-0.15, -0.1) is 17.8 Å². The summed E-state index contributed by atoms with van der Waals surface area (Å²) in [6, 6.07) is 0. The Labute approximate surface area is 103 Å². The molecule has 0 fully saturated rings.